The number of hydrogen-bond acceptors (Lipinski definition) is 7. The summed E-state index contributed by atoms with van der Waals surface area (Å²) in [6, 6.07) is 7.69. The molecule has 33 heavy (non-hydrogen) atoms. The number of fused-ring (bicyclic) bond motifs is 1. The zero-order chi connectivity index (χ0) is 22.9. The molecule has 1 saturated heterocycles. The van der Waals surface area contributed by atoms with Gasteiger partial charge in [0, 0.05) is 58.6 Å². The summed E-state index contributed by atoms with van der Waals surface area (Å²) in [7, 11) is 0. The quantitative estimate of drug-likeness (QED) is 0.468. The lowest BCUT2D eigenvalue weighted by Crippen LogP contribution is -2.25. The number of hydrogen-bond donors (Lipinski definition) is 2. The van der Waals surface area contributed by atoms with E-state index in [2.05, 4.69) is 30.6 Å². The Balaban J connectivity index is 1.56. The van der Waals surface area contributed by atoms with Crippen LogP contribution in [-0.4, -0.2) is 43.6 Å². The summed E-state index contributed by atoms with van der Waals surface area (Å²) >= 11 is 6.65. The van der Waals surface area contributed by atoms with E-state index in [1.165, 1.54) is 0 Å². The highest BCUT2D eigenvalue weighted by atomic mass is 35.5. The van der Waals surface area contributed by atoms with Gasteiger partial charge in [0.15, 0.2) is 0 Å². The van der Waals surface area contributed by atoms with Crippen molar-refractivity contribution in [2.24, 2.45) is 0 Å². The van der Waals surface area contributed by atoms with Gasteiger partial charge < -0.3 is 10.6 Å². The number of nitrogens with zero attached hydrogens (tertiary/aromatic N) is 5. The minimum Gasteiger partial charge on any atom is -0.350 e. The fourth-order valence-electron chi connectivity index (χ4n) is 4.17. The number of aryl methyl sites for hydroxylation is 2. The summed E-state index contributed by atoms with van der Waals surface area (Å²) in [6.07, 6.45) is 6.18. The van der Waals surface area contributed by atoms with E-state index in [9.17, 15) is 4.79 Å². The molecule has 1 atom stereocenters. The Hall–Kier alpha value is -3.36. The predicted octanol–water partition coefficient (Wildman–Crippen LogP) is 3.67. The van der Waals surface area contributed by atoms with Gasteiger partial charge in [-0.2, -0.15) is 4.98 Å². The summed E-state index contributed by atoms with van der Waals surface area (Å²) in [5.74, 6) is 0.534. The molecule has 0 bridgehead atoms. The van der Waals surface area contributed by atoms with Crippen LogP contribution < -0.4 is 16.2 Å². The summed E-state index contributed by atoms with van der Waals surface area (Å²) in [5, 5.41) is 7.93. The second-order valence-corrected chi connectivity index (χ2v) is 8.56. The third-order valence-corrected chi connectivity index (χ3v) is 6.16. The topological polar surface area (TPSA) is 97.6 Å². The second kappa shape index (κ2) is 8.88. The van der Waals surface area contributed by atoms with E-state index in [-0.39, 0.29) is 5.56 Å². The van der Waals surface area contributed by atoms with Gasteiger partial charge in [0.1, 0.15) is 5.65 Å². The molecule has 4 aromatic rings. The summed E-state index contributed by atoms with van der Waals surface area (Å²) in [4.78, 5) is 31.3. The molecule has 1 aromatic carbocycles. The molecular formula is C24H24ClN7O. The van der Waals surface area contributed by atoms with E-state index < -0.39 is 0 Å². The molecule has 0 amide bonds. The van der Waals surface area contributed by atoms with Crippen LogP contribution in [0.2, 0.25) is 5.02 Å². The Kier molecular flexibility index (Phi) is 5.78. The van der Waals surface area contributed by atoms with Crippen molar-refractivity contribution < 1.29 is 0 Å². The van der Waals surface area contributed by atoms with Gasteiger partial charge >= 0.3 is 0 Å². The van der Waals surface area contributed by atoms with Crippen LogP contribution in [0.3, 0.4) is 0 Å². The van der Waals surface area contributed by atoms with E-state index in [1.807, 2.05) is 38.1 Å². The summed E-state index contributed by atoms with van der Waals surface area (Å²) in [5.41, 5.74) is 4.05. The standard InChI is InChI=1S/C24H24ClN7O/c1-3-32-22-16(11-28-24(31-22)30-17-6-7-26-12-17)8-19(23(32)33)18-5-4-15(9-20(18)25)21-13-27-10-14(2)29-21/h4-5,8-11,13,17,26H,3,6-7,12H2,1-2H3,(H,28,30,31). The van der Waals surface area contributed by atoms with Crippen LogP contribution in [0, 0.1) is 6.92 Å². The molecule has 9 heteroatoms. The largest absolute Gasteiger partial charge is 0.350 e. The van der Waals surface area contributed by atoms with Gasteiger partial charge in [0.25, 0.3) is 5.56 Å². The SMILES string of the molecule is CCn1c(=O)c(-c2ccc(-c3cncc(C)n3)cc2Cl)cc2cnc(NC3CCNC3)nc21. The van der Waals surface area contributed by atoms with Crippen molar-refractivity contribution in [1.29, 1.82) is 0 Å². The zero-order valence-electron chi connectivity index (χ0n) is 18.5. The Morgan fingerprint density at radius 3 is 2.79 bits per heavy atom. The molecule has 5 rings (SSSR count). The number of halogens is 1. The molecule has 1 unspecified atom stereocenters. The monoisotopic (exact) mass is 461 g/mol. The van der Waals surface area contributed by atoms with E-state index in [0.29, 0.717) is 40.3 Å². The summed E-state index contributed by atoms with van der Waals surface area (Å²) in [6.45, 7) is 6.16. The molecule has 3 aromatic heterocycles. The molecule has 8 nitrogen and oxygen atoms in total. The van der Waals surface area contributed by atoms with Gasteiger partial charge in [-0.15, -0.1) is 0 Å². The average molecular weight is 462 g/mol. The van der Waals surface area contributed by atoms with Crippen LogP contribution in [0.5, 0.6) is 0 Å². The Labute approximate surface area is 196 Å². The number of nitrogens with one attached hydrogen (secondary N) is 2. The molecule has 0 spiro atoms. The first-order valence-electron chi connectivity index (χ1n) is 11.0. The van der Waals surface area contributed by atoms with Crippen molar-refractivity contribution in [3.8, 4) is 22.4 Å². The normalized spacial score (nSPS) is 15.8. The van der Waals surface area contributed by atoms with Gasteiger partial charge in [0.2, 0.25) is 5.95 Å². The maximum atomic E-state index is 13.4. The van der Waals surface area contributed by atoms with E-state index in [4.69, 9.17) is 11.6 Å². The fraction of sp³-hybridized carbons (Fsp3) is 0.292. The van der Waals surface area contributed by atoms with Crippen molar-refractivity contribution >= 4 is 28.6 Å². The van der Waals surface area contributed by atoms with Crippen molar-refractivity contribution in [2.45, 2.75) is 32.9 Å². The van der Waals surface area contributed by atoms with Crippen LogP contribution >= 0.6 is 11.6 Å². The van der Waals surface area contributed by atoms with Crippen molar-refractivity contribution in [2.75, 3.05) is 18.4 Å². The lowest BCUT2D eigenvalue weighted by molar-refractivity contribution is 0.745. The van der Waals surface area contributed by atoms with Gasteiger partial charge in [-0.05, 0) is 38.9 Å². The molecule has 0 saturated carbocycles. The van der Waals surface area contributed by atoms with Crippen LogP contribution in [-0.2, 0) is 6.54 Å². The minimum atomic E-state index is -0.137. The van der Waals surface area contributed by atoms with E-state index in [0.717, 1.165) is 41.8 Å². The highest BCUT2D eigenvalue weighted by Gasteiger charge is 2.18. The van der Waals surface area contributed by atoms with Crippen molar-refractivity contribution in [1.82, 2.24) is 29.8 Å². The number of aromatic nitrogens is 5. The predicted molar refractivity (Wildman–Crippen MR) is 131 cm³/mol. The molecule has 1 aliphatic rings. The first-order valence-corrected chi connectivity index (χ1v) is 11.4. The maximum absolute atomic E-state index is 13.4. The zero-order valence-corrected chi connectivity index (χ0v) is 19.2. The van der Waals surface area contributed by atoms with Crippen molar-refractivity contribution in [3.63, 3.8) is 0 Å². The number of anilines is 1. The first kappa shape index (κ1) is 21.5. The van der Waals surface area contributed by atoms with Crippen molar-refractivity contribution in [3.05, 3.63) is 63.9 Å². The highest BCUT2D eigenvalue weighted by Crippen LogP contribution is 2.31. The van der Waals surface area contributed by atoms with Gasteiger partial charge in [-0.25, -0.2) is 9.97 Å². The van der Waals surface area contributed by atoms with Gasteiger partial charge in [0.05, 0.1) is 17.6 Å². The van der Waals surface area contributed by atoms with Gasteiger partial charge in [-0.1, -0.05) is 23.7 Å². The minimum absolute atomic E-state index is 0.137. The lowest BCUT2D eigenvalue weighted by atomic mass is 10.0. The van der Waals surface area contributed by atoms with E-state index in [1.54, 1.807) is 23.2 Å². The molecule has 0 radical (unpaired) electrons. The molecule has 2 N–H and O–H groups in total. The molecular weight excluding hydrogens is 438 g/mol. The van der Waals surface area contributed by atoms with Crippen LogP contribution in [0.1, 0.15) is 19.0 Å². The smallest absolute Gasteiger partial charge is 0.260 e. The molecule has 1 fully saturated rings. The summed E-state index contributed by atoms with van der Waals surface area (Å²) < 4.78 is 1.67. The Morgan fingerprint density at radius 2 is 2.06 bits per heavy atom. The Bertz CT molecular complexity index is 1400. The average Bonchev–Trinajstić information content (AvgIpc) is 3.32. The number of benzene rings is 1. The fourth-order valence-corrected chi connectivity index (χ4v) is 4.45. The van der Waals surface area contributed by atoms with Gasteiger partial charge in [-0.3, -0.25) is 14.3 Å². The maximum Gasteiger partial charge on any atom is 0.260 e. The third-order valence-electron chi connectivity index (χ3n) is 5.85. The third kappa shape index (κ3) is 4.19. The molecule has 0 aliphatic carbocycles. The van der Waals surface area contributed by atoms with Crippen LogP contribution in [0.4, 0.5) is 5.95 Å². The molecule has 168 valence electrons. The first-order chi connectivity index (χ1) is 16.0. The van der Waals surface area contributed by atoms with Crippen LogP contribution in [0.15, 0.2) is 47.7 Å². The highest BCUT2D eigenvalue weighted by molar-refractivity contribution is 6.33. The molecule has 4 heterocycles. The second-order valence-electron chi connectivity index (χ2n) is 8.15. The number of pyridine rings is 1. The lowest BCUT2D eigenvalue weighted by Gasteiger charge is -2.15. The van der Waals surface area contributed by atoms with Crippen LogP contribution in [0.25, 0.3) is 33.4 Å². The Morgan fingerprint density at radius 1 is 1.18 bits per heavy atom. The number of rotatable bonds is 5. The molecule has 1 aliphatic heterocycles. The van der Waals surface area contributed by atoms with E-state index >= 15 is 0 Å².